The van der Waals surface area contributed by atoms with Crippen molar-refractivity contribution < 1.29 is 6.85 Å². The molecule has 0 radical (unpaired) electrons. The van der Waals surface area contributed by atoms with Gasteiger partial charge in [0.1, 0.15) is 6.33 Å². The SMILES string of the molecule is [2H]c1c([2H])c([2H])c(-c2sc3ncnn3c2C)c([2H])c1[2H]. The zero-order valence-electron chi connectivity index (χ0n) is 12.8. The maximum absolute atomic E-state index is 7.98. The van der Waals surface area contributed by atoms with E-state index in [1.54, 1.807) is 11.4 Å². The molecule has 3 nitrogen and oxygen atoms in total. The van der Waals surface area contributed by atoms with E-state index in [9.17, 15) is 0 Å². The molecule has 0 aliphatic rings. The molecular formula is C11H9N3S. The lowest BCUT2D eigenvalue weighted by Gasteiger charge is -1.97. The topological polar surface area (TPSA) is 30.2 Å². The van der Waals surface area contributed by atoms with Crippen LogP contribution in [0.4, 0.5) is 0 Å². The molecule has 0 unspecified atom stereocenters. The van der Waals surface area contributed by atoms with Crippen molar-refractivity contribution in [3.05, 3.63) is 42.2 Å². The fourth-order valence-electron chi connectivity index (χ4n) is 1.39. The fourth-order valence-corrected chi connectivity index (χ4v) is 2.38. The second-order valence-corrected chi connectivity index (χ2v) is 3.95. The first kappa shape index (κ1) is 4.90. The first-order valence-corrected chi connectivity index (χ1v) is 5.11. The van der Waals surface area contributed by atoms with Gasteiger partial charge in [-0.15, -0.1) is 0 Å². The van der Waals surface area contributed by atoms with E-state index in [4.69, 9.17) is 6.85 Å². The second-order valence-electron chi connectivity index (χ2n) is 2.97. The van der Waals surface area contributed by atoms with E-state index in [-0.39, 0.29) is 35.8 Å². The highest BCUT2D eigenvalue weighted by Gasteiger charge is 2.10. The quantitative estimate of drug-likeness (QED) is 0.631. The minimum Gasteiger partial charge on any atom is -0.208 e. The molecule has 0 saturated heterocycles. The van der Waals surface area contributed by atoms with E-state index in [2.05, 4.69) is 10.1 Å². The van der Waals surface area contributed by atoms with Gasteiger partial charge in [-0.3, -0.25) is 0 Å². The summed E-state index contributed by atoms with van der Waals surface area (Å²) in [5.74, 6) is 0. The maximum atomic E-state index is 7.98. The van der Waals surface area contributed by atoms with Gasteiger partial charge in [0, 0.05) is 0 Å². The van der Waals surface area contributed by atoms with Crippen LogP contribution in [0.3, 0.4) is 0 Å². The lowest BCUT2D eigenvalue weighted by Crippen LogP contribution is -1.86. The Morgan fingerprint density at radius 3 is 2.87 bits per heavy atom. The highest BCUT2D eigenvalue weighted by molar-refractivity contribution is 7.20. The molecule has 4 heteroatoms. The Morgan fingerprint density at radius 2 is 2.13 bits per heavy atom. The van der Waals surface area contributed by atoms with Gasteiger partial charge in [-0.05, 0) is 12.5 Å². The smallest absolute Gasteiger partial charge is 0.208 e. The first-order valence-electron chi connectivity index (χ1n) is 6.80. The second kappa shape index (κ2) is 3.17. The van der Waals surface area contributed by atoms with Crippen molar-refractivity contribution in [2.45, 2.75) is 6.92 Å². The highest BCUT2D eigenvalue weighted by atomic mass is 32.1. The zero-order valence-corrected chi connectivity index (χ0v) is 8.64. The standard InChI is InChI=1S/C11H9N3S/c1-8-10(9-5-3-2-4-6-9)15-11-12-7-13-14(8)11/h2-7H,1H3/i2D,3D,4D,5D,6D. The summed E-state index contributed by atoms with van der Waals surface area (Å²) in [7, 11) is 0. The van der Waals surface area contributed by atoms with Crippen LogP contribution in [0.25, 0.3) is 15.4 Å². The first-order chi connectivity index (χ1) is 9.43. The Balaban J connectivity index is 2.40. The summed E-state index contributed by atoms with van der Waals surface area (Å²) in [4.78, 5) is 5.29. The molecule has 2 aromatic heterocycles. The van der Waals surface area contributed by atoms with Gasteiger partial charge in [0.2, 0.25) is 4.96 Å². The minimum atomic E-state index is -0.388. The molecule has 0 N–H and O–H groups in total. The van der Waals surface area contributed by atoms with Gasteiger partial charge in [0.15, 0.2) is 0 Å². The number of aromatic nitrogens is 3. The van der Waals surface area contributed by atoms with Crippen LogP contribution in [0.2, 0.25) is 0 Å². The van der Waals surface area contributed by atoms with Crippen LogP contribution < -0.4 is 0 Å². The van der Waals surface area contributed by atoms with Crippen LogP contribution in [0.15, 0.2) is 36.5 Å². The molecule has 2 heterocycles. The number of hydrogen-bond acceptors (Lipinski definition) is 3. The summed E-state index contributed by atoms with van der Waals surface area (Å²) in [6.07, 6.45) is 1.42. The van der Waals surface area contributed by atoms with Crippen molar-refractivity contribution in [2.75, 3.05) is 0 Å². The summed E-state index contributed by atoms with van der Waals surface area (Å²) in [5, 5.41) is 4.05. The normalized spacial score (nSPS) is 15.7. The third-order valence-electron chi connectivity index (χ3n) is 2.08. The summed E-state index contributed by atoms with van der Waals surface area (Å²) in [6, 6.07) is -1.47. The average Bonchev–Trinajstić information content (AvgIpc) is 2.99. The van der Waals surface area contributed by atoms with Crippen molar-refractivity contribution in [3.8, 4) is 10.4 Å². The molecule has 3 rings (SSSR count). The molecule has 0 aliphatic carbocycles. The van der Waals surface area contributed by atoms with Gasteiger partial charge in [0.25, 0.3) is 0 Å². The lowest BCUT2D eigenvalue weighted by molar-refractivity contribution is 0.933. The molecule has 3 aromatic rings. The van der Waals surface area contributed by atoms with Gasteiger partial charge in [-0.25, -0.2) is 9.50 Å². The maximum Gasteiger partial charge on any atom is 0.212 e. The van der Waals surface area contributed by atoms with Crippen molar-refractivity contribution in [1.29, 1.82) is 0 Å². The molecule has 1 aromatic carbocycles. The van der Waals surface area contributed by atoms with Crippen molar-refractivity contribution in [2.24, 2.45) is 0 Å². The molecule has 74 valence electrons. The number of fused-ring (bicyclic) bond motifs is 1. The van der Waals surface area contributed by atoms with E-state index >= 15 is 0 Å². The average molecular weight is 220 g/mol. The highest BCUT2D eigenvalue weighted by Crippen LogP contribution is 2.30. The van der Waals surface area contributed by atoms with E-state index in [0.29, 0.717) is 15.5 Å². The van der Waals surface area contributed by atoms with Gasteiger partial charge >= 0.3 is 0 Å². The number of aryl methyl sites for hydroxylation is 1. The summed E-state index contributed by atoms with van der Waals surface area (Å²) < 4.78 is 40.6. The van der Waals surface area contributed by atoms with Crippen molar-refractivity contribution in [3.63, 3.8) is 0 Å². The summed E-state index contributed by atoms with van der Waals surface area (Å²) >= 11 is 1.26. The van der Waals surface area contributed by atoms with E-state index < -0.39 is 0 Å². The van der Waals surface area contributed by atoms with Crippen LogP contribution in [0.1, 0.15) is 12.5 Å². The molecule has 0 bridgehead atoms. The van der Waals surface area contributed by atoms with Crippen LogP contribution in [-0.2, 0) is 0 Å². The molecule has 0 aliphatic heterocycles. The van der Waals surface area contributed by atoms with Crippen LogP contribution in [0, 0.1) is 6.92 Å². The number of thiazole rings is 1. The number of hydrogen-bond donors (Lipinski definition) is 0. The van der Waals surface area contributed by atoms with Gasteiger partial charge in [0.05, 0.1) is 17.4 Å². The third kappa shape index (κ3) is 1.26. The van der Waals surface area contributed by atoms with Crippen molar-refractivity contribution in [1.82, 2.24) is 14.6 Å². The number of rotatable bonds is 1. The van der Waals surface area contributed by atoms with E-state index in [0.717, 1.165) is 0 Å². The molecule has 0 fully saturated rings. The van der Waals surface area contributed by atoms with Gasteiger partial charge in [-0.1, -0.05) is 41.5 Å². The molecular weight excluding hydrogens is 206 g/mol. The monoisotopic (exact) mass is 220 g/mol. The predicted molar refractivity (Wildman–Crippen MR) is 61.0 cm³/mol. The lowest BCUT2D eigenvalue weighted by atomic mass is 10.2. The Morgan fingerprint density at radius 1 is 1.33 bits per heavy atom. The Hall–Kier alpha value is -1.68. The Kier molecular flexibility index (Phi) is 1.03. The van der Waals surface area contributed by atoms with Gasteiger partial charge < -0.3 is 0 Å². The largest absolute Gasteiger partial charge is 0.212 e. The molecule has 0 saturated carbocycles. The molecule has 0 spiro atoms. The number of nitrogens with zero attached hydrogens (tertiary/aromatic N) is 3. The Bertz CT molecular complexity index is 809. The predicted octanol–water partition coefficient (Wildman–Crippen LogP) is 2.77. The third-order valence-corrected chi connectivity index (χ3v) is 3.25. The zero-order chi connectivity index (χ0) is 14.6. The van der Waals surface area contributed by atoms with Crippen LogP contribution in [-0.4, -0.2) is 14.6 Å². The van der Waals surface area contributed by atoms with Gasteiger partial charge in [-0.2, -0.15) is 5.10 Å². The van der Waals surface area contributed by atoms with Crippen LogP contribution in [0.5, 0.6) is 0 Å². The van der Waals surface area contributed by atoms with Crippen molar-refractivity contribution >= 4 is 16.3 Å². The van der Waals surface area contributed by atoms with E-state index in [1.807, 2.05) is 0 Å². The molecule has 0 atom stereocenters. The summed E-state index contributed by atoms with van der Waals surface area (Å²) in [5.41, 5.74) is 0.909. The Labute approximate surface area is 98.0 Å². The molecule has 15 heavy (non-hydrogen) atoms. The summed E-state index contributed by atoms with van der Waals surface area (Å²) in [6.45, 7) is 1.79. The van der Waals surface area contributed by atoms with Crippen LogP contribution >= 0.6 is 11.3 Å². The molecule has 0 amide bonds. The minimum absolute atomic E-state index is 0.200. The number of benzene rings is 1. The fraction of sp³-hybridized carbons (Fsp3) is 0.0909. The van der Waals surface area contributed by atoms with E-state index in [1.165, 1.54) is 17.7 Å².